The minimum atomic E-state index is -0.480. The number of rotatable bonds is 4. The van der Waals surface area contributed by atoms with E-state index in [1.54, 1.807) is 0 Å². The molecule has 0 spiro atoms. The molecule has 0 aliphatic carbocycles. The van der Waals surface area contributed by atoms with Crippen LogP contribution < -0.4 is 5.32 Å². The van der Waals surface area contributed by atoms with Crippen LogP contribution in [0.25, 0.3) is 0 Å². The summed E-state index contributed by atoms with van der Waals surface area (Å²) < 4.78 is 10.6. The van der Waals surface area contributed by atoms with Crippen LogP contribution in [0.5, 0.6) is 0 Å². The lowest BCUT2D eigenvalue weighted by atomic mass is 10.0. The van der Waals surface area contributed by atoms with E-state index in [0.717, 1.165) is 6.42 Å². The van der Waals surface area contributed by atoms with E-state index in [1.807, 2.05) is 51.1 Å². The molecule has 1 fully saturated rings. The summed E-state index contributed by atoms with van der Waals surface area (Å²) in [6, 6.07) is 10.0. The fourth-order valence-corrected chi connectivity index (χ4v) is 1.89. The van der Waals surface area contributed by atoms with E-state index in [2.05, 4.69) is 5.32 Å². The second-order valence-corrected chi connectivity index (χ2v) is 5.81. The molecule has 104 valence electrons. The Balaban J connectivity index is 1.92. The van der Waals surface area contributed by atoms with Crippen LogP contribution in [0, 0.1) is 0 Å². The van der Waals surface area contributed by atoms with Gasteiger partial charge in [-0.1, -0.05) is 30.3 Å². The highest BCUT2D eigenvalue weighted by Gasteiger charge is 2.34. The molecule has 0 aromatic heterocycles. The smallest absolute Gasteiger partial charge is 0.407 e. The summed E-state index contributed by atoms with van der Waals surface area (Å²) in [4.78, 5) is 11.8. The van der Waals surface area contributed by atoms with Crippen molar-refractivity contribution in [2.75, 3.05) is 6.61 Å². The zero-order chi connectivity index (χ0) is 13.9. The van der Waals surface area contributed by atoms with E-state index >= 15 is 0 Å². The van der Waals surface area contributed by atoms with Gasteiger partial charge < -0.3 is 14.8 Å². The first-order chi connectivity index (χ1) is 8.94. The number of ether oxygens (including phenoxy) is 2. The average molecular weight is 263 g/mol. The van der Waals surface area contributed by atoms with Gasteiger partial charge in [0.15, 0.2) is 0 Å². The molecule has 0 radical (unpaired) electrons. The lowest BCUT2D eigenvalue weighted by molar-refractivity contribution is 0.0495. The molecule has 2 rings (SSSR count). The van der Waals surface area contributed by atoms with Crippen molar-refractivity contribution < 1.29 is 14.3 Å². The first kappa shape index (κ1) is 13.9. The van der Waals surface area contributed by atoms with Gasteiger partial charge in [-0.15, -0.1) is 0 Å². The zero-order valence-electron chi connectivity index (χ0n) is 11.7. The van der Waals surface area contributed by atoms with Gasteiger partial charge >= 0.3 is 6.09 Å². The number of hydrogen-bond donors (Lipinski definition) is 1. The predicted molar refractivity (Wildman–Crippen MR) is 73.0 cm³/mol. The predicted octanol–water partition coefficient (Wildman–Crippen LogP) is 2.52. The number of carbonyl (C=O) groups is 1. The van der Waals surface area contributed by atoms with Crippen LogP contribution in [0.3, 0.4) is 0 Å². The molecule has 1 amide bonds. The maximum atomic E-state index is 11.8. The van der Waals surface area contributed by atoms with Gasteiger partial charge in [0, 0.05) is 0 Å². The quantitative estimate of drug-likeness (QED) is 0.849. The molecule has 1 saturated heterocycles. The van der Waals surface area contributed by atoms with Gasteiger partial charge in [-0.25, -0.2) is 4.79 Å². The summed E-state index contributed by atoms with van der Waals surface area (Å²) in [6.07, 6.45) is 0.474. The van der Waals surface area contributed by atoms with E-state index < -0.39 is 5.60 Å². The molecule has 0 saturated carbocycles. The number of hydrogen-bond acceptors (Lipinski definition) is 3. The standard InChI is InChI=1S/C15H21NO3/c1-15(2,3)19-14(17)16-12(13-10-18-13)9-11-7-5-4-6-8-11/h4-8,12-13H,9-10H2,1-3H3,(H,16,17)/t12-,13+/m1/s1. The van der Waals surface area contributed by atoms with Crippen molar-refractivity contribution in [3.8, 4) is 0 Å². The second kappa shape index (κ2) is 5.61. The molecule has 1 heterocycles. The Kier molecular flexibility index (Phi) is 4.10. The molecular formula is C15H21NO3. The number of nitrogens with one attached hydrogen (secondary N) is 1. The van der Waals surface area contributed by atoms with Gasteiger partial charge in [0.1, 0.15) is 11.7 Å². The Morgan fingerprint density at radius 3 is 2.58 bits per heavy atom. The Labute approximate surface area is 114 Å². The summed E-state index contributed by atoms with van der Waals surface area (Å²) in [5.74, 6) is 0. The molecule has 2 atom stereocenters. The maximum Gasteiger partial charge on any atom is 0.407 e. The molecule has 1 N–H and O–H groups in total. The van der Waals surface area contributed by atoms with Crippen molar-refractivity contribution in [1.29, 1.82) is 0 Å². The van der Waals surface area contributed by atoms with Gasteiger partial charge in [0.25, 0.3) is 0 Å². The monoisotopic (exact) mass is 263 g/mol. The maximum absolute atomic E-state index is 11.8. The molecule has 1 aromatic rings. The molecule has 0 bridgehead atoms. The SMILES string of the molecule is CC(C)(C)OC(=O)N[C@H](Cc1ccccc1)[C@@H]1CO1. The minimum Gasteiger partial charge on any atom is -0.444 e. The number of alkyl carbamates (subject to hydrolysis) is 1. The number of epoxide rings is 1. The lowest BCUT2D eigenvalue weighted by Gasteiger charge is -2.23. The molecule has 0 unspecified atom stereocenters. The second-order valence-electron chi connectivity index (χ2n) is 5.81. The molecule has 4 nitrogen and oxygen atoms in total. The normalized spacial score (nSPS) is 19.6. The van der Waals surface area contributed by atoms with Crippen molar-refractivity contribution in [3.63, 3.8) is 0 Å². The van der Waals surface area contributed by atoms with E-state index in [-0.39, 0.29) is 18.2 Å². The molecule has 19 heavy (non-hydrogen) atoms. The fraction of sp³-hybridized carbons (Fsp3) is 0.533. The first-order valence-corrected chi connectivity index (χ1v) is 6.59. The Bertz CT molecular complexity index is 421. The highest BCUT2D eigenvalue weighted by Crippen LogP contribution is 2.18. The number of amides is 1. The largest absolute Gasteiger partial charge is 0.444 e. The van der Waals surface area contributed by atoms with Crippen molar-refractivity contribution in [2.45, 2.75) is 44.9 Å². The summed E-state index contributed by atoms with van der Waals surface area (Å²) in [7, 11) is 0. The van der Waals surface area contributed by atoms with Crippen molar-refractivity contribution >= 4 is 6.09 Å². The summed E-state index contributed by atoms with van der Waals surface area (Å²) in [5.41, 5.74) is 0.699. The highest BCUT2D eigenvalue weighted by atomic mass is 16.6. The average Bonchev–Trinajstić information content (AvgIpc) is 3.10. The molecule has 1 aromatic carbocycles. The summed E-state index contributed by atoms with van der Waals surface area (Å²) in [6.45, 7) is 6.26. The van der Waals surface area contributed by atoms with Crippen LogP contribution in [-0.4, -0.2) is 30.4 Å². The van der Waals surface area contributed by atoms with Crippen molar-refractivity contribution in [1.82, 2.24) is 5.32 Å². The van der Waals surface area contributed by atoms with Crippen LogP contribution in [0.4, 0.5) is 4.79 Å². The third kappa shape index (κ3) is 4.91. The van der Waals surface area contributed by atoms with E-state index in [1.165, 1.54) is 5.56 Å². The van der Waals surface area contributed by atoms with Crippen LogP contribution in [0.15, 0.2) is 30.3 Å². The zero-order valence-corrected chi connectivity index (χ0v) is 11.7. The van der Waals surface area contributed by atoms with Crippen molar-refractivity contribution in [3.05, 3.63) is 35.9 Å². The highest BCUT2D eigenvalue weighted by molar-refractivity contribution is 5.68. The van der Waals surface area contributed by atoms with Crippen LogP contribution in [-0.2, 0) is 15.9 Å². The van der Waals surface area contributed by atoms with Crippen molar-refractivity contribution in [2.24, 2.45) is 0 Å². The Morgan fingerprint density at radius 2 is 2.05 bits per heavy atom. The first-order valence-electron chi connectivity index (χ1n) is 6.59. The van der Waals surface area contributed by atoms with Crippen LogP contribution in [0.1, 0.15) is 26.3 Å². The summed E-state index contributed by atoms with van der Waals surface area (Å²) in [5, 5.41) is 2.90. The third-order valence-electron chi connectivity index (χ3n) is 2.81. The van der Waals surface area contributed by atoms with Gasteiger partial charge in [-0.2, -0.15) is 0 Å². The van der Waals surface area contributed by atoms with Gasteiger partial charge in [-0.05, 0) is 32.8 Å². The van der Waals surface area contributed by atoms with Gasteiger partial charge in [-0.3, -0.25) is 0 Å². The molecule has 1 aliphatic rings. The Hall–Kier alpha value is -1.55. The van der Waals surface area contributed by atoms with E-state index in [9.17, 15) is 4.79 Å². The van der Waals surface area contributed by atoms with Gasteiger partial charge in [0.2, 0.25) is 0 Å². The molecule has 4 heteroatoms. The minimum absolute atomic E-state index is 0.0303. The Morgan fingerprint density at radius 1 is 1.42 bits per heavy atom. The number of carbonyl (C=O) groups excluding carboxylic acids is 1. The molecular weight excluding hydrogens is 242 g/mol. The van der Waals surface area contributed by atoms with Gasteiger partial charge in [0.05, 0.1) is 12.6 Å². The third-order valence-corrected chi connectivity index (χ3v) is 2.81. The van der Waals surface area contributed by atoms with E-state index in [0.29, 0.717) is 6.61 Å². The lowest BCUT2D eigenvalue weighted by Crippen LogP contribution is -2.43. The fourth-order valence-electron chi connectivity index (χ4n) is 1.89. The molecule has 1 aliphatic heterocycles. The topological polar surface area (TPSA) is 50.9 Å². The van der Waals surface area contributed by atoms with Crippen LogP contribution >= 0.6 is 0 Å². The van der Waals surface area contributed by atoms with E-state index in [4.69, 9.17) is 9.47 Å². The van der Waals surface area contributed by atoms with Crippen LogP contribution in [0.2, 0.25) is 0 Å². The number of benzene rings is 1. The summed E-state index contributed by atoms with van der Waals surface area (Å²) >= 11 is 0.